The highest BCUT2D eigenvalue weighted by atomic mass is 16.5. The Balaban J connectivity index is 1.32. The largest absolute Gasteiger partial charge is 0.478 e. The number of amides is 12. The van der Waals surface area contributed by atoms with Crippen molar-refractivity contribution in [1.29, 1.82) is 0 Å². The van der Waals surface area contributed by atoms with E-state index in [0.29, 0.717) is 55.2 Å². The Bertz CT molecular complexity index is 3600. The number of carboxylic acid groups (broad SMARTS) is 2. The van der Waals surface area contributed by atoms with E-state index in [2.05, 4.69) is 63.8 Å². The molecule has 0 saturated carbocycles. The van der Waals surface area contributed by atoms with Crippen molar-refractivity contribution in [3.63, 3.8) is 0 Å². The Labute approximate surface area is 514 Å². The van der Waals surface area contributed by atoms with Gasteiger partial charge in [-0.1, -0.05) is 71.9 Å². The van der Waals surface area contributed by atoms with Crippen molar-refractivity contribution in [1.82, 2.24) is 31.9 Å². The predicted octanol–water partition coefficient (Wildman–Crippen LogP) is 10.4. The summed E-state index contributed by atoms with van der Waals surface area (Å²) < 4.78 is 5.65. The van der Waals surface area contributed by atoms with Crippen LogP contribution in [0.1, 0.15) is 145 Å². The van der Waals surface area contributed by atoms with E-state index < -0.39 is 54.1 Å². The van der Waals surface area contributed by atoms with Crippen LogP contribution in [0.25, 0.3) is 0 Å². The number of benzene rings is 6. The number of carbonyl (C=O) groups is 9. The maximum atomic E-state index is 14.4. The molecule has 24 nitrogen and oxygen atoms in total. The van der Waals surface area contributed by atoms with E-state index in [0.717, 1.165) is 55.6 Å². The minimum Gasteiger partial charge on any atom is -0.478 e. The van der Waals surface area contributed by atoms with Crippen molar-refractivity contribution in [2.45, 2.75) is 126 Å². The fraction of sp³-hybridized carbons (Fsp3) is 0.308. The number of aromatic carboxylic acids is 2. The highest BCUT2D eigenvalue weighted by Crippen LogP contribution is 2.35. The number of hydrogen-bond donors (Lipinski definition) is 14. The van der Waals surface area contributed by atoms with Gasteiger partial charge in [0.05, 0.1) is 50.8 Å². The maximum absolute atomic E-state index is 14.4. The first-order valence-corrected chi connectivity index (χ1v) is 29.6. The normalized spacial score (nSPS) is 14.3. The molecule has 9 rings (SSSR count). The first kappa shape index (κ1) is 64.4. The Hall–Kier alpha value is -10.7. The molecule has 0 aliphatic carbocycles. The highest BCUT2D eigenvalue weighted by Gasteiger charge is 2.27. The van der Waals surface area contributed by atoms with Crippen LogP contribution in [-0.4, -0.2) is 70.9 Å². The lowest BCUT2D eigenvalue weighted by Crippen LogP contribution is -2.34. The van der Waals surface area contributed by atoms with Gasteiger partial charge in [-0.2, -0.15) is 0 Å². The van der Waals surface area contributed by atoms with E-state index in [1.54, 1.807) is 0 Å². The van der Waals surface area contributed by atoms with Gasteiger partial charge in [0.2, 0.25) is 0 Å². The van der Waals surface area contributed by atoms with Crippen LogP contribution >= 0.6 is 0 Å². The van der Waals surface area contributed by atoms with E-state index >= 15 is 0 Å². The van der Waals surface area contributed by atoms with Crippen LogP contribution < -0.4 is 63.8 Å². The van der Waals surface area contributed by atoms with Gasteiger partial charge < -0.3 is 78.8 Å². The van der Waals surface area contributed by atoms with Crippen LogP contribution in [0.5, 0.6) is 0 Å². The van der Waals surface area contributed by atoms with E-state index in [1.807, 2.05) is 71.9 Å². The molecule has 0 spiro atoms. The van der Waals surface area contributed by atoms with Crippen molar-refractivity contribution in [2.24, 2.45) is 0 Å². The van der Waals surface area contributed by atoms with Gasteiger partial charge in [-0.3, -0.25) is 0 Å². The first-order valence-electron chi connectivity index (χ1n) is 29.6. The first-order chi connectivity index (χ1) is 42.9. The molecule has 24 heteroatoms. The number of carboxylic acids is 2. The molecule has 466 valence electrons. The molecule has 0 unspecified atom stereocenters. The molecule has 0 radical (unpaired) electrons. The van der Waals surface area contributed by atoms with Gasteiger partial charge in [-0.05, 0) is 172 Å². The van der Waals surface area contributed by atoms with Gasteiger partial charge in [0.25, 0.3) is 0 Å². The van der Waals surface area contributed by atoms with Crippen molar-refractivity contribution < 1.29 is 58.1 Å². The van der Waals surface area contributed by atoms with Crippen molar-refractivity contribution in [3.05, 3.63) is 174 Å². The van der Waals surface area contributed by atoms with Crippen molar-refractivity contribution >= 4 is 88.2 Å². The molecule has 0 aromatic heterocycles. The molecule has 0 saturated heterocycles. The zero-order valence-corrected chi connectivity index (χ0v) is 50.5. The average molecular weight is 1220 g/mol. The molecule has 12 amide bonds. The minimum absolute atomic E-state index is 0.0312. The third kappa shape index (κ3) is 15.5. The van der Waals surface area contributed by atoms with Crippen LogP contribution in [0.3, 0.4) is 0 Å². The highest BCUT2D eigenvalue weighted by molar-refractivity contribution is 6.04. The van der Waals surface area contributed by atoms with E-state index in [-0.39, 0.29) is 103 Å². The van der Waals surface area contributed by atoms with Crippen LogP contribution in [0.2, 0.25) is 0 Å². The smallest absolute Gasteiger partial charge is 0.338 e. The molecule has 0 fully saturated rings. The van der Waals surface area contributed by atoms with E-state index in [1.165, 1.54) is 54.6 Å². The lowest BCUT2D eigenvalue weighted by Gasteiger charge is -2.27. The Morgan fingerprint density at radius 3 is 0.989 bits per heavy atom. The number of nitrogens with one attached hydrogen (secondary N) is 12. The lowest BCUT2D eigenvalue weighted by atomic mass is 9.82. The van der Waals surface area contributed by atoms with Gasteiger partial charge in [0.15, 0.2) is 0 Å². The molecule has 3 heterocycles. The summed E-state index contributed by atoms with van der Waals surface area (Å²) in [7, 11) is 0. The Morgan fingerprint density at radius 2 is 0.663 bits per heavy atom. The lowest BCUT2D eigenvalue weighted by molar-refractivity contribution is 0.0472. The summed E-state index contributed by atoms with van der Waals surface area (Å²) in [6.07, 6.45) is 2.73. The molecule has 6 bridgehead atoms. The average Bonchev–Trinajstić information content (AvgIpc) is 1.11. The SMILES string of the molecule is CCc1c2c(CC)c3c(CC)c1CNC(=O)Nc1ccc(C(=O)O)cc1NC(=O)NCc1c(CC)c(c(CC)c(c1CC)CNC(=O)Nc1cc(C(=O)O)ccc1NC(=O)NC3)CNC(=O)Nc1cc(C(=O)OCc3ccccc3)ccc1NC(=O)NCC2. The number of anilines is 6. The fourth-order valence-electron chi connectivity index (χ4n) is 11.7. The second-order valence-electron chi connectivity index (χ2n) is 21.0. The number of fused-ring (bicyclic) bond motifs is 19. The fourth-order valence-corrected chi connectivity index (χ4v) is 11.7. The molecule has 14 N–H and O–H groups in total. The second kappa shape index (κ2) is 29.6. The van der Waals surface area contributed by atoms with Gasteiger partial charge in [0, 0.05) is 39.3 Å². The van der Waals surface area contributed by atoms with E-state index in [9.17, 15) is 53.4 Å². The monoisotopic (exact) mass is 1210 g/mol. The summed E-state index contributed by atoms with van der Waals surface area (Å²) in [5, 5.41) is 54.6. The number of carbonyl (C=O) groups excluding carboxylic acids is 7. The number of hydrogen-bond acceptors (Lipinski definition) is 10. The molecule has 0 atom stereocenters. The predicted molar refractivity (Wildman–Crippen MR) is 338 cm³/mol. The van der Waals surface area contributed by atoms with Crippen molar-refractivity contribution in [3.8, 4) is 0 Å². The van der Waals surface area contributed by atoms with Crippen LogP contribution in [0, 0.1) is 0 Å². The Kier molecular flexibility index (Phi) is 21.4. The zero-order chi connectivity index (χ0) is 63.9. The summed E-state index contributed by atoms with van der Waals surface area (Å²) in [6, 6.07) is 16.9. The third-order valence-electron chi connectivity index (χ3n) is 15.8. The van der Waals surface area contributed by atoms with Crippen molar-refractivity contribution in [2.75, 3.05) is 38.4 Å². The van der Waals surface area contributed by atoms with Crippen LogP contribution in [0.15, 0.2) is 84.9 Å². The molecule has 6 aromatic rings. The third-order valence-corrected chi connectivity index (χ3v) is 15.8. The van der Waals surface area contributed by atoms with Gasteiger partial charge in [-0.25, -0.2) is 43.2 Å². The molecule has 89 heavy (non-hydrogen) atoms. The van der Waals surface area contributed by atoms with Gasteiger partial charge in [-0.15, -0.1) is 0 Å². The standard InChI is InChI=1S/C65H74N12O12/c1-7-39-45-24-25-66-60(83)72-53-23-20-38(59(82)89-34-35-16-14-13-15-17-35)28-56(53)77-65(88)71-33-50-43(11-5)48-31-69-63(86)75-54-26-36(57(78)79)18-21-51(54)73-61(84)67-29-46(39)41(9-3)47(40(45)8-2)30-68-62(85)74-52-22-19-37(58(80)81)27-55(52)76-64(87)70-32-49(42(48)10-4)44(50)12-6/h13-23,26-28H,7-12,24-25,29-34H2,1-6H3,(H,78,79)(H,80,81)(H2,66,72,83)(H2,67,73,84)(H2,68,74,85)(H2,69,75,86)(H2,70,76,87)(H2,71,77,88). The molecule has 3 aliphatic heterocycles. The quantitative estimate of drug-likeness (QED) is 0.0539. The zero-order valence-electron chi connectivity index (χ0n) is 50.5. The van der Waals surface area contributed by atoms with E-state index in [4.69, 9.17) is 4.74 Å². The Morgan fingerprint density at radius 1 is 0.371 bits per heavy atom. The van der Waals surface area contributed by atoms with Crippen LogP contribution in [-0.2, 0) is 89.0 Å². The maximum Gasteiger partial charge on any atom is 0.338 e. The summed E-state index contributed by atoms with van der Waals surface area (Å²) in [5.41, 5.74) is 9.70. The summed E-state index contributed by atoms with van der Waals surface area (Å²) in [6.45, 7) is 11.1. The topological polar surface area (TPSA) is 348 Å². The molecule has 3 aliphatic rings. The van der Waals surface area contributed by atoms with Gasteiger partial charge >= 0.3 is 54.1 Å². The van der Waals surface area contributed by atoms with Crippen LogP contribution in [0.4, 0.5) is 62.9 Å². The summed E-state index contributed by atoms with van der Waals surface area (Å²) in [5.74, 6) is -3.27. The summed E-state index contributed by atoms with van der Waals surface area (Å²) in [4.78, 5) is 124. The number of esters is 1. The summed E-state index contributed by atoms with van der Waals surface area (Å²) >= 11 is 0. The number of ether oxygens (including phenoxy) is 1. The number of urea groups is 6. The minimum atomic E-state index is -1.29. The second-order valence-corrected chi connectivity index (χ2v) is 21.0. The number of rotatable bonds is 11. The molecule has 6 aromatic carbocycles. The molecular weight excluding hydrogens is 1140 g/mol. The molecular formula is C65H74N12O12. The van der Waals surface area contributed by atoms with Gasteiger partial charge in [0.1, 0.15) is 6.61 Å².